The normalized spacial score (nSPS) is 10.6. The second-order valence-corrected chi connectivity index (χ2v) is 4.35. The van der Waals surface area contributed by atoms with E-state index in [1.54, 1.807) is 17.6 Å². The molecule has 2 heterocycles. The first-order valence-corrected chi connectivity index (χ1v) is 6.28. The number of rotatable bonds is 3. The molecule has 7 heteroatoms. The molecule has 2 aromatic heterocycles. The molecule has 0 spiro atoms. The first-order chi connectivity index (χ1) is 9.52. The molecule has 0 fully saturated rings. The first-order valence-electron chi connectivity index (χ1n) is 6.28. The lowest BCUT2D eigenvalue weighted by Crippen LogP contribution is -2.32. The van der Waals surface area contributed by atoms with Crippen LogP contribution in [0.4, 0.5) is 0 Å². The molecule has 0 aliphatic heterocycles. The maximum atomic E-state index is 11.5. The van der Waals surface area contributed by atoms with Crippen LogP contribution in [0.15, 0.2) is 12.3 Å². The Morgan fingerprint density at radius 2 is 2.15 bits per heavy atom. The van der Waals surface area contributed by atoms with Crippen molar-refractivity contribution in [1.29, 1.82) is 0 Å². The molecule has 0 aliphatic carbocycles. The van der Waals surface area contributed by atoms with Gasteiger partial charge in [0.2, 0.25) is 0 Å². The van der Waals surface area contributed by atoms with E-state index in [9.17, 15) is 9.59 Å². The molecule has 1 amide bonds. The lowest BCUT2D eigenvalue weighted by molar-refractivity contribution is -0.154. The number of carbonyl (C=O) groups is 2. The van der Waals surface area contributed by atoms with Crippen LogP contribution in [-0.4, -0.2) is 33.1 Å². The van der Waals surface area contributed by atoms with Crippen LogP contribution in [0.5, 0.6) is 0 Å². The Hall–Kier alpha value is -2.44. The quantitative estimate of drug-likeness (QED) is 0.652. The number of ether oxygens (including phenoxy) is 1. The molecular formula is C13H16N4O3. The Balaban J connectivity index is 2.15. The zero-order chi connectivity index (χ0) is 14.7. The Morgan fingerprint density at radius 3 is 2.85 bits per heavy atom. The van der Waals surface area contributed by atoms with Crippen molar-refractivity contribution in [1.82, 2.24) is 19.9 Å². The Kier molecular flexibility index (Phi) is 3.97. The second-order valence-electron chi connectivity index (χ2n) is 4.35. The van der Waals surface area contributed by atoms with Gasteiger partial charge in [-0.1, -0.05) is 0 Å². The van der Waals surface area contributed by atoms with Gasteiger partial charge in [0.1, 0.15) is 0 Å². The van der Waals surface area contributed by atoms with E-state index in [4.69, 9.17) is 0 Å². The van der Waals surface area contributed by atoms with Crippen LogP contribution in [0.1, 0.15) is 23.9 Å². The molecule has 0 atom stereocenters. The minimum atomic E-state index is -0.885. The van der Waals surface area contributed by atoms with E-state index in [0.717, 1.165) is 17.0 Å². The third kappa shape index (κ3) is 2.76. The van der Waals surface area contributed by atoms with Crippen LogP contribution in [0.2, 0.25) is 0 Å². The number of amides is 1. The highest BCUT2D eigenvalue weighted by atomic mass is 16.5. The molecule has 2 aromatic rings. The summed E-state index contributed by atoms with van der Waals surface area (Å²) in [5, 5.41) is 6.70. The molecule has 0 unspecified atom stereocenters. The fourth-order valence-corrected chi connectivity index (χ4v) is 1.88. The maximum absolute atomic E-state index is 11.5. The third-order valence-electron chi connectivity index (χ3n) is 2.75. The molecule has 0 saturated heterocycles. The molecular weight excluding hydrogens is 260 g/mol. The average molecular weight is 276 g/mol. The number of aryl methyl sites for hydroxylation is 2. The van der Waals surface area contributed by atoms with Crippen molar-refractivity contribution in [3.05, 3.63) is 29.2 Å². The number of carbonyl (C=O) groups excluding carboxylic acids is 2. The van der Waals surface area contributed by atoms with Gasteiger partial charge < -0.3 is 10.1 Å². The summed E-state index contributed by atoms with van der Waals surface area (Å²) in [4.78, 5) is 27.1. The fraction of sp³-hybridized carbons (Fsp3) is 0.385. The molecule has 20 heavy (non-hydrogen) atoms. The molecule has 0 bridgehead atoms. The summed E-state index contributed by atoms with van der Waals surface area (Å²) >= 11 is 0. The van der Waals surface area contributed by atoms with Gasteiger partial charge >= 0.3 is 11.9 Å². The summed E-state index contributed by atoms with van der Waals surface area (Å²) in [6, 6.07) is 1.92. The molecule has 7 nitrogen and oxygen atoms in total. The summed E-state index contributed by atoms with van der Waals surface area (Å²) in [5.41, 5.74) is 3.24. The number of esters is 1. The number of aromatic nitrogens is 3. The van der Waals surface area contributed by atoms with E-state index < -0.39 is 11.9 Å². The van der Waals surface area contributed by atoms with Crippen LogP contribution in [0.3, 0.4) is 0 Å². The van der Waals surface area contributed by atoms with Crippen LogP contribution >= 0.6 is 0 Å². The van der Waals surface area contributed by atoms with Gasteiger partial charge in [-0.2, -0.15) is 5.10 Å². The molecule has 0 aliphatic rings. The third-order valence-corrected chi connectivity index (χ3v) is 2.75. The number of fused-ring (bicyclic) bond motifs is 1. The van der Waals surface area contributed by atoms with E-state index >= 15 is 0 Å². The van der Waals surface area contributed by atoms with Gasteiger partial charge in [-0.25, -0.2) is 14.3 Å². The van der Waals surface area contributed by atoms with Crippen molar-refractivity contribution in [2.24, 2.45) is 0 Å². The predicted molar refractivity (Wildman–Crippen MR) is 70.9 cm³/mol. The molecule has 1 N–H and O–H groups in total. The molecule has 106 valence electrons. The van der Waals surface area contributed by atoms with Crippen LogP contribution in [-0.2, 0) is 20.9 Å². The summed E-state index contributed by atoms with van der Waals surface area (Å²) < 4.78 is 6.31. The lowest BCUT2D eigenvalue weighted by Gasteiger charge is -2.04. The second kappa shape index (κ2) is 5.68. The number of nitrogens with one attached hydrogen (secondary N) is 1. The lowest BCUT2D eigenvalue weighted by atomic mass is 10.3. The fourth-order valence-electron chi connectivity index (χ4n) is 1.88. The van der Waals surface area contributed by atoms with Gasteiger partial charge in [-0.05, 0) is 26.8 Å². The van der Waals surface area contributed by atoms with Gasteiger partial charge in [0, 0.05) is 23.5 Å². The Morgan fingerprint density at radius 1 is 1.40 bits per heavy atom. The van der Waals surface area contributed by atoms with Gasteiger partial charge in [0.05, 0.1) is 12.8 Å². The van der Waals surface area contributed by atoms with Gasteiger partial charge in [-0.3, -0.25) is 4.79 Å². The van der Waals surface area contributed by atoms with Crippen molar-refractivity contribution < 1.29 is 14.3 Å². The molecule has 0 radical (unpaired) electrons. The van der Waals surface area contributed by atoms with E-state index in [1.807, 2.05) is 19.9 Å². The highest BCUT2D eigenvalue weighted by molar-refractivity contribution is 6.32. The smallest absolute Gasteiger partial charge is 0.396 e. The predicted octanol–water partition coefficient (Wildman–Crippen LogP) is 0.525. The molecule has 2 rings (SSSR count). The van der Waals surface area contributed by atoms with Crippen molar-refractivity contribution >= 4 is 17.5 Å². The SMILES string of the molecule is CCOC(=O)C(=O)NCc1cnn2c(C)cc(C)nc12. The highest BCUT2D eigenvalue weighted by Gasteiger charge is 2.15. The number of hydrogen-bond donors (Lipinski definition) is 1. The summed E-state index contributed by atoms with van der Waals surface area (Å²) in [6.07, 6.45) is 1.63. The molecule has 0 aromatic carbocycles. The summed E-state index contributed by atoms with van der Waals surface area (Å²) in [5.74, 6) is -1.65. The summed E-state index contributed by atoms with van der Waals surface area (Å²) in [6.45, 7) is 5.81. The number of nitrogens with zero attached hydrogens (tertiary/aromatic N) is 3. The number of hydrogen-bond acceptors (Lipinski definition) is 5. The monoisotopic (exact) mass is 276 g/mol. The standard InChI is InChI=1S/C13H16N4O3/c1-4-20-13(19)12(18)14-6-10-7-15-17-9(3)5-8(2)16-11(10)17/h5,7H,4,6H2,1-3H3,(H,14,18). The van der Waals surface area contributed by atoms with Crippen molar-refractivity contribution in [2.45, 2.75) is 27.3 Å². The van der Waals surface area contributed by atoms with Gasteiger partial charge in [0.25, 0.3) is 0 Å². The highest BCUT2D eigenvalue weighted by Crippen LogP contribution is 2.11. The molecule has 0 saturated carbocycles. The minimum absolute atomic E-state index is 0.170. The van der Waals surface area contributed by atoms with Gasteiger partial charge in [-0.15, -0.1) is 0 Å². The van der Waals surface area contributed by atoms with E-state index in [1.165, 1.54) is 0 Å². The van der Waals surface area contributed by atoms with Crippen LogP contribution in [0, 0.1) is 13.8 Å². The van der Waals surface area contributed by atoms with Crippen LogP contribution in [0.25, 0.3) is 5.65 Å². The van der Waals surface area contributed by atoms with Crippen LogP contribution < -0.4 is 5.32 Å². The zero-order valence-electron chi connectivity index (χ0n) is 11.6. The summed E-state index contributed by atoms with van der Waals surface area (Å²) in [7, 11) is 0. The minimum Gasteiger partial charge on any atom is -0.459 e. The van der Waals surface area contributed by atoms with Crippen molar-refractivity contribution in [2.75, 3.05) is 6.61 Å². The van der Waals surface area contributed by atoms with E-state index in [0.29, 0.717) is 5.65 Å². The van der Waals surface area contributed by atoms with Crippen molar-refractivity contribution in [3.63, 3.8) is 0 Å². The largest absolute Gasteiger partial charge is 0.459 e. The van der Waals surface area contributed by atoms with E-state index in [2.05, 4.69) is 20.1 Å². The van der Waals surface area contributed by atoms with E-state index in [-0.39, 0.29) is 13.2 Å². The van der Waals surface area contributed by atoms with Crippen molar-refractivity contribution in [3.8, 4) is 0 Å². The topological polar surface area (TPSA) is 85.6 Å². The average Bonchev–Trinajstić information content (AvgIpc) is 2.79. The maximum Gasteiger partial charge on any atom is 0.396 e. The zero-order valence-corrected chi connectivity index (χ0v) is 11.6. The van der Waals surface area contributed by atoms with Gasteiger partial charge in [0.15, 0.2) is 5.65 Å². The first kappa shape index (κ1) is 14.0. The Labute approximate surface area is 115 Å². The Bertz CT molecular complexity index is 663.